The Morgan fingerprint density at radius 1 is 1.39 bits per heavy atom. The Bertz CT molecular complexity index is 561. The van der Waals surface area contributed by atoms with Crippen LogP contribution in [0.2, 0.25) is 0 Å². The number of aryl methyl sites for hydroxylation is 1. The Hall–Kier alpha value is -1.39. The standard InChI is InChI=1S/C14H16N2OS/c1-9-3-4-13(17-2)11(5-9)12-8-18-14(16-12)10-6-15-7-10/h3-5,8,10,15H,6-7H2,1-2H3. The lowest BCUT2D eigenvalue weighted by atomic mass is 10.0. The second-order valence-corrected chi connectivity index (χ2v) is 5.52. The third kappa shape index (κ3) is 2.02. The molecule has 0 bridgehead atoms. The van der Waals surface area contributed by atoms with E-state index in [1.165, 1.54) is 10.6 Å². The van der Waals surface area contributed by atoms with Crippen LogP contribution in [0.25, 0.3) is 11.3 Å². The quantitative estimate of drug-likeness (QED) is 0.921. The summed E-state index contributed by atoms with van der Waals surface area (Å²) in [4.78, 5) is 4.75. The third-order valence-electron chi connectivity index (χ3n) is 3.28. The van der Waals surface area contributed by atoms with Gasteiger partial charge in [-0.1, -0.05) is 11.6 Å². The van der Waals surface area contributed by atoms with Crippen LogP contribution in [-0.4, -0.2) is 25.2 Å². The first-order valence-electron chi connectivity index (χ1n) is 6.09. The van der Waals surface area contributed by atoms with Crippen molar-refractivity contribution in [3.05, 3.63) is 34.2 Å². The van der Waals surface area contributed by atoms with Crippen molar-refractivity contribution in [3.63, 3.8) is 0 Å². The fourth-order valence-corrected chi connectivity index (χ4v) is 3.01. The van der Waals surface area contributed by atoms with Crippen LogP contribution in [-0.2, 0) is 0 Å². The van der Waals surface area contributed by atoms with Crippen LogP contribution >= 0.6 is 11.3 Å². The SMILES string of the molecule is COc1ccc(C)cc1-c1csc(C2CNC2)n1. The fraction of sp³-hybridized carbons (Fsp3) is 0.357. The molecule has 0 amide bonds. The van der Waals surface area contributed by atoms with Crippen molar-refractivity contribution >= 4 is 11.3 Å². The van der Waals surface area contributed by atoms with Gasteiger partial charge in [0.15, 0.2) is 0 Å². The number of rotatable bonds is 3. The molecule has 2 aromatic rings. The smallest absolute Gasteiger partial charge is 0.128 e. The minimum absolute atomic E-state index is 0.597. The largest absolute Gasteiger partial charge is 0.496 e. The molecule has 3 nitrogen and oxygen atoms in total. The highest BCUT2D eigenvalue weighted by Crippen LogP contribution is 2.34. The van der Waals surface area contributed by atoms with Gasteiger partial charge in [-0.25, -0.2) is 4.98 Å². The summed E-state index contributed by atoms with van der Waals surface area (Å²) >= 11 is 1.75. The van der Waals surface area contributed by atoms with Gasteiger partial charge in [-0.3, -0.25) is 0 Å². The molecule has 1 N–H and O–H groups in total. The molecule has 0 spiro atoms. The monoisotopic (exact) mass is 260 g/mol. The molecule has 0 saturated carbocycles. The third-order valence-corrected chi connectivity index (χ3v) is 4.29. The minimum atomic E-state index is 0.597. The predicted molar refractivity (Wildman–Crippen MR) is 74.4 cm³/mol. The van der Waals surface area contributed by atoms with E-state index < -0.39 is 0 Å². The summed E-state index contributed by atoms with van der Waals surface area (Å²) in [5.74, 6) is 1.49. The summed E-state index contributed by atoms with van der Waals surface area (Å²) in [5, 5.41) is 6.64. The molecule has 4 heteroatoms. The average molecular weight is 260 g/mol. The molecular weight excluding hydrogens is 244 g/mol. The highest BCUT2D eigenvalue weighted by molar-refractivity contribution is 7.10. The van der Waals surface area contributed by atoms with Crippen molar-refractivity contribution in [1.29, 1.82) is 0 Å². The first-order valence-corrected chi connectivity index (χ1v) is 6.97. The predicted octanol–water partition coefficient (Wildman–Crippen LogP) is 2.81. The fourth-order valence-electron chi connectivity index (χ4n) is 2.08. The van der Waals surface area contributed by atoms with Gasteiger partial charge in [0, 0.05) is 30.0 Å². The maximum absolute atomic E-state index is 5.42. The molecule has 0 radical (unpaired) electrons. The first kappa shape index (κ1) is 11.7. The van der Waals surface area contributed by atoms with E-state index in [0.29, 0.717) is 5.92 Å². The molecule has 3 rings (SSSR count). The van der Waals surface area contributed by atoms with Crippen LogP contribution < -0.4 is 10.1 Å². The van der Waals surface area contributed by atoms with Gasteiger partial charge in [-0.05, 0) is 19.1 Å². The number of aromatic nitrogens is 1. The van der Waals surface area contributed by atoms with Crippen molar-refractivity contribution in [3.8, 4) is 17.0 Å². The van der Waals surface area contributed by atoms with Gasteiger partial charge in [-0.2, -0.15) is 0 Å². The maximum atomic E-state index is 5.42. The van der Waals surface area contributed by atoms with E-state index in [-0.39, 0.29) is 0 Å². The number of hydrogen-bond acceptors (Lipinski definition) is 4. The Kier molecular flexibility index (Phi) is 3.06. The molecule has 94 valence electrons. The molecule has 18 heavy (non-hydrogen) atoms. The molecule has 1 aliphatic rings. The Morgan fingerprint density at radius 3 is 2.89 bits per heavy atom. The molecule has 2 heterocycles. The lowest BCUT2D eigenvalue weighted by Crippen LogP contribution is -2.39. The second kappa shape index (κ2) is 4.71. The van der Waals surface area contributed by atoms with E-state index in [0.717, 1.165) is 30.1 Å². The average Bonchev–Trinajstić information content (AvgIpc) is 2.76. The Balaban J connectivity index is 1.98. The minimum Gasteiger partial charge on any atom is -0.496 e. The Morgan fingerprint density at radius 2 is 2.22 bits per heavy atom. The number of hydrogen-bond donors (Lipinski definition) is 1. The number of thiazole rings is 1. The number of nitrogens with zero attached hydrogens (tertiary/aromatic N) is 1. The summed E-state index contributed by atoms with van der Waals surface area (Å²) in [6.07, 6.45) is 0. The van der Waals surface area contributed by atoms with Crippen LogP contribution in [0.4, 0.5) is 0 Å². The topological polar surface area (TPSA) is 34.1 Å². The van der Waals surface area contributed by atoms with Gasteiger partial charge < -0.3 is 10.1 Å². The van der Waals surface area contributed by atoms with Gasteiger partial charge in [0.05, 0.1) is 17.8 Å². The Labute approximate surface area is 111 Å². The van der Waals surface area contributed by atoms with E-state index >= 15 is 0 Å². The molecule has 1 aliphatic heterocycles. The van der Waals surface area contributed by atoms with Crippen molar-refractivity contribution in [2.75, 3.05) is 20.2 Å². The van der Waals surface area contributed by atoms with E-state index in [9.17, 15) is 0 Å². The van der Waals surface area contributed by atoms with Gasteiger partial charge in [0.25, 0.3) is 0 Å². The summed E-state index contributed by atoms with van der Waals surface area (Å²) < 4.78 is 5.42. The van der Waals surface area contributed by atoms with E-state index in [4.69, 9.17) is 9.72 Å². The molecule has 0 aliphatic carbocycles. The highest BCUT2D eigenvalue weighted by atomic mass is 32.1. The van der Waals surface area contributed by atoms with Crippen LogP contribution in [0.1, 0.15) is 16.5 Å². The van der Waals surface area contributed by atoms with Gasteiger partial charge >= 0.3 is 0 Å². The molecule has 1 aromatic carbocycles. The number of nitrogens with one attached hydrogen (secondary N) is 1. The summed E-state index contributed by atoms with van der Waals surface area (Å²) in [7, 11) is 1.71. The lowest BCUT2D eigenvalue weighted by Gasteiger charge is -2.24. The van der Waals surface area contributed by atoms with Crippen molar-refractivity contribution in [2.24, 2.45) is 0 Å². The van der Waals surface area contributed by atoms with Crippen molar-refractivity contribution in [2.45, 2.75) is 12.8 Å². The normalized spacial score (nSPS) is 15.4. The van der Waals surface area contributed by atoms with Crippen molar-refractivity contribution in [1.82, 2.24) is 10.3 Å². The zero-order valence-electron chi connectivity index (χ0n) is 10.6. The van der Waals surface area contributed by atoms with Crippen LogP contribution in [0, 0.1) is 6.92 Å². The molecule has 1 aromatic heterocycles. The summed E-state index contributed by atoms with van der Waals surface area (Å²) in [6, 6.07) is 6.21. The zero-order valence-corrected chi connectivity index (χ0v) is 11.4. The number of methoxy groups -OCH3 is 1. The summed E-state index contributed by atoms with van der Waals surface area (Å²) in [5.41, 5.74) is 3.35. The van der Waals surface area contributed by atoms with Crippen LogP contribution in [0.3, 0.4) is 0 Å². The molecular formula is C14H16N2OS. The van der Waals surface area contributed by atoms with E-state index in [1.54, 1.807) is 18.4 Å². The molecule has 0 unspecified atom stereocenters. The van der Waals surface area contributed by atoms with E-state index in [1.807, 2.05) is 6.07 Å². The summed E-state index contributed by atoms with van der Waals surface area (Å²) in [6.45, 7) is 4.20. The lowest BCUT2D eigenvalue weighted by molar-refractivity contribution is 0.416. The van der Waals surface area contributed by atoms with Gasteiger partial charge in [0.2, 0.25) is 0 Å². The van der Waals surface area contributed by atoms with Gasteiger partial charge in [0.1, 0.15) is 5.75 Å². The van der Waals surface area contributed by atoms with Crippen molar-refractivity contribution < 1.29 is 4.74 Å². The van der Waals surface area contributed by atoms with Crippen LogP contribution in [0.5, 0.6) is 5.75 Å². The first-order chi connectivity index (χ1) is 8.78. The van der Waals surface area contributed by atoms with Crippen LogP contribution in [0.15, 0.2) is 23.6 Å². The maximum Gasteiger partial charge on any atom is 0.128 e. The van der Waals surface area contributed by atoms with E-state index in [2.05, 4.69) is 29.8 Å². The molecule has 1 fully saturated rings. The molecule has 0 atom stereocenters. The highest BCUT2D eigenvalue weighted by Gasteiger charge is 2.22. The second-order valence-electron chi connectivity index (χ2n) is 4.63. The molecule has 1 saturated heterocycles. The van der Waals surface area contributed by atoms with Gasteiger partial charge in [-0.15, -0.1) is 11.3 Å². The number of benzene rings is 1. The number of ether oxygens (including phenoxy) is 1. The zero-order chi connectivity index (χ0) is 12.5.